The maximum atomic E-state index is 12.4. The number of hydrogen-bond acceptors (Lipinski definition) is 4. The zero-order valence-corrected chi connectivity index (χ0v) is 14.2. The van der Waals surface area contributed by atoms with Gasteiger partial charge in [-0.2, -0.15) is 5.10 Å². The van der Waals surface area contributed by atoms with E-state index in [2.05, 4.69) is 15.2 Å². The van der Waals surface area contributed by atoms with Gasteiger partial charge in [0.25, 0.3) is 5.91 Å². The minimum Gasteiger partial charge on any atom is -0.369 e. The van der Waals surface area contributed by atoms with Gasteiger partial charge in [0.15, 0.2) is 5.82 Å². The molecule has 2 aromatic rings. The number of nitrogens with zero attached hydrogens (tertiary/aromatic N) is 3. The molecule has 1 aliphatic heterocycles. The number of aromatic nitrogens is 3. The van der Waals surface area contributed by atoms with Crippen molar-refractivity contribution < 1.29 is 9.53 Å². The number of carbonyl (C=O) groups excluding carboxylic acids is 1. The van der Waals surface area contributed by atoms with Gasteiger partial charge in [-0.05, 0) is 26.7 Å². The Hall–Kier alpha value is -2.21. The van der Waals surface area contributed by atoms with Crippen LogP contribution in [0.5, 0.6) is 0 Å². The van der Waals surface area contributed by atoms with Crippen LogP contribution < -0.4 is 0 Å². The molecule has 1 aromatic heterocycles. The summed E-state index contributed by atoms with van der Waals surface area (Å²) < 4.78 is 5.43. The van der Waals surface area contributed by atoms with Crippen LogP contribution in [0.2, 0.25) is 0 Å². The monoisotopic (exact) mass is 328 g/mol. The second kappa shape index (κ2) is 7.57. The lowest BCUT2D eigenvalue weighted by molar-refractivity contribution is -0.143. The summed E-state index contributed by atoms with van der Waals surface area (Å²) in [6.07, 6.45) is 1.59. The Morgan fingerprint density at radius 3 is 2.96 bits per heavy atom. The number of piperidine rings is 1. The van der Waals surface area contributed by atoms with E-state index < -0.39 is 0 Å². The maximum absolute atomic E-state index is 12.4. The highest BCUT2D eigenvalue weighted by molar-refractivity contribution is 5.80. The fraction of sp³-hybridized carbons (Fsp3) is 0.500. The first-order chi connectivity index (χ1) is 11.7. The Morgan fingerprint density at radius 1 is 1.42 bits per heavy atom. The first-order valence-corrected chi connectivity index (χ1v) is 8.57. The molecule has 0 aliphatic carbocycles. The summed E-state index contributed by atoms with van der Waals surface area (Å²) in [7, 11) is 0. The summed E-state index contributed by atoms with van der Waals surface area (Å²) in [5, 5.41) is 7.39. The largest absolute Gasteiger partial charge is 0.369 e. The summed E-state index contributed by atoms with van der Waals surface area (Å²) >= 11 is 0. The van der Waals surface area contributed by atoms with Crippen molar-refractivity contribution in [2.75, 3.05) is 19.7 Å². The Morgan fingerprint density at radius 2 is 2.21 bits per heavy atom. The van der Waals surface area contributed by atoms with E-state index in [0.717, 1.165) is 30.8 Å². The van der Waals surface area contributed by atoms with Crippen LogP contribution in [0.1, 0.15) is 38.4 Å². The molecule has 0 radical (unpaired) electrons. The normalized spacial score (nSPS) is 19.2. The van der Waals surface area contributed by atoms with Crippen molar-refractivity contribution in [3.8, 4) is 11.4 Å². The number of H-pyrrole nitrogens is 1. The fourth-order valence-electron chi connectivity index (χ4n) is 3.15. The molecule has 2 heterocycles. The molecule has 1 fully saturated rings. The minimum absolute atomic E-state index is 0.0596. The van der Waals surface area contributed by atoms with E-state index in [-0.39, 0.29) is 17.9 Å². The van der Waals surface area contributed by atoms with Crippen LogP contribution in [0, 0.1) is 0 Å². The molecule has 3 rings (SSSR count). The standard InChI is InChI=1S/C18H24N4O2/c1-3-24-13(2)18(23)22-11-7-10-15(12-22)17-19-16(20-21-17)14-8-5-4-6-9-14/h4-6,8-9,13,15H,3,7,10-12H2,1-2H3,(H,19,20,21)/t13-,15+/m1/s1. The van der Waals surface area contributed by atoms with Crippen molar-refractivity contribution in [1.29, 1.82) is 0 Å². The molecule has 24 heavy (non-hydrogen) atoms. The molecule has 0 bridgehead atoms. The average molecular weight is 328 g/mol. The zero-order chi connectivity index (χ0) is 16.9. The molecule has 1 amide bonds. The number of hydrogen-bond donors (Lipinski definition) is 1. The van der Waals surface area contributed by atoms with Crippen LogP contribution in [-0.4, -0.2) is 51.8 Å². The highest BCUT2D eigenvalue weighted by Gasteiger charge is 2.29. The van der Waals surface area contributed by atoms with Gasteiger partial charge in [0.05, 0.1) is 0 Å². The molecule has 0 spiro atoms. The number of benzene rings is 1. The molecule has 1 aromatic carbocycles. The third kappa shape index (κ3) is 3.64. The lowest BCUT2D eigenvalue weighted by Crippen LogP contribution is -2.44. The van der Waals surface area contributed by atoms with Crippen LogP contribution in [0.25, 0.3) is 11.4 Å². The van der Waals surface area contributed by atoms with E-state index in [9.17, 15) is 4.79 Å². The van der Waals surface area contributed by atoms with Crippen molar-refractivity contribution >= 4 is 5.91 Å². The molecule has 1 saturated heterocycles. The van der Waals surface area contributed by atoms with Gasteiger partial charge in [-0.25, -0.2) is 4.98 Å². The van der Waals surface area contributed by atoms with Crippen LogP contribution in [0.3, 0.4) is 0 Å². The van der Waals surface area contributed by atoms with Gasteiger partial charge in [0.1, 0.15) is 11.9 Å². The predicted octanol–water partition coefficient (Wildman–Crippen LogP) is 2.60. The Balaban J connectivity index is 1.69. The van der Waals surface area contributed by atoms with Crippen LogP contribution >= 0.6 is 0 Å². The first-order valence-electron chi connectivity index (χ1n) is 8.57. The Kier molecular flexibility index (Phi) is 5.25. The van der Waals surface area contributed by atoms with Crippen molar-refractivity contribution in [2.45, 2.75) is 38.7 Å². The maximum Gasteiger partial charge on any atom is 0.251 e. The van der Waals surface area contributed by atoms with Gasteiger partial charge in [-0.15, -0.1) is 0 Å². The molecule has 6 heteroatoms. The minimum atomic E-state index is -0.386. The van der Waals surface area contributed by atoms with Crippen molar-refractivity contribution in [3.63, 3.8) is 0 Å². The van der Waals surface area contributed by atoms with E-state index >= 15 is 0 Å². The fourth-order valence-corrected chi connectivity index (χ4v) is 3.15. The second-order valence-corrected chi connectivity index (χ2v) is 6.13. The van der Waals surface area contributed by atoms with E-state index in [0.29, 0.717) is 19.0 Å². The lowest BCUT2D eigenvalue weighted by Gasteiger charge is -2.33. The highest BCUT2D eigenvalue weighted by Crippen LogP contribution is 2.26. The molecule has 0 unspecified atom stereocenters. The van der Waals surface area contributed by atoms with Crippen molar-refractivity contribution in [3.05, 3.63) is 36.2 Å². The van der Waals surface area contributed by atoms with Gasteiger partial charge in [-0.1, -0.05) is 30.3 Å². The second-order valence-electron chi connectivity index (χ2n) is 6.13. The van der Waals surface area contributed by atoms with E-state index in [4.69, 9.17) is 4.74 Å². The molecule has 1 N–H and O–H groups in total. The first kappa shape index (κ1) is 16.6. The van der Waals surface area contributed by atoms with Crippen LogP contribution in [-0.2, 0) is 9.53 Å². The van der Waals surface area contributed by atoms with Gasteiger partial charge >= 0.3 is 0 Å². The number of carbonyl (C=O) groups is 1. The molecule has 1 aliphatic rings. The van der Waals surface area contributed by atoms with Gasteiger partial charge in [0, 0.05) is 31.2 Å². The smallest absolute Gasteiger partial charge is 0.251 e. The number of likely N-dealkylation sites (tertiary alicyclic amines) is 1. The molecular weight excluding hydrogens is 304 g/mol. The van der Waals surface area contributed by atoms with E-state index in [1.54, 1.807) is 0 Å². The molecule has 128 valence electrons. The zero-order valence-electron chi connectivity index (χ0n) is 14.2. The summed E-state index contributed by atoms with van der Waals surface area (Å²) in [5.41, 5.74) is 0.994. The Labute approximate surface area is 142 Å². The number of rotatable bonds is 5. The van der Waals surface area contributed by atoms with Crippen molar-refractivity contribution in [1.82, 2.24) is 20.1 Å². The summed E-state index contributed by atoms with van der Waals surface area (Å²) in [6.45, 7) is 5.72. The summed E-state index contributed by atoms with van der Waals surface area (Å²) in [5.74, 6) is 1.82. The lowest BCUT2D eigenvalue weighted by atomic mass is 9.97. The molecule has 6 nitrogen and oxygen atoms in total. The SMILES string of the molecule is CCO[C@H](C)C(=O)N1CCC[C@H](c2nc(-c3ccccc3)n[nH]2)C1. The molecule has 0 saturated carbocycles. The number of ether oxygens (including phenoxy) is 1. The Bertz CT molecular complexity index is 671. The summed E-state index contributed by atoms with van der Waals surface area (Å²) in [4.78, 5) is 19.0. The summed E-state index contributed by atoms with van der Waals surface area (Å²) in [6, 6.07) is 9.91. The highest BCUT2D eigenvalue weighted by atomic mass is 16.5. The molecular formula is C18H24N4O2. The van der Waals surface area contributed by atoms with Crippen molar-refractivity contribution in [2.24, 2.45) is 0 Å². The van der Waals surface area contributed by atoms with E-state index in [1.807, 2.05) is 49.1 Å². The average Bonchev–Trinajstić information content (AvgIpc) is 3.12. The number of amides is 1. The quantitative estimate of drug-likeness (QED) is 0.916. The van der Waals surface area contributed by atoms with Crippen LogP contribution in [0.4, 0.5) is 0 Å². The third-order valence-electron chi connectivity index (χ3n) is 4.42. The molecule has 2 atom stereocenters. The predicted molar refractivity (Wildman–Crippen MR) is 91.5 cm³/mol. The number of aromatic amines is 1. The van der Waals surface area contributed by atoms with Gasteiger partial charge in [0.2, 0.25) is 0 Å². The van der Waals surface area contributed by atoms with Crippen LogP contribution in [0.15, 0.2) is 30.3 Å². The topological polar surface area (TPSA) is 71.1 Å². The van der Waals surface area contributed by atoms with Gasteiger partial charge < -0.3 is 9.64 Å². The third-order valence-corrected chi connectivity index (χ3v) is 4.42. The van der Waals surface area contributed by atoms with E-state index in [1.165, 1.54) is 0 Å². The number of nitrogens with one attached hydrogen (secondary N) is 1. The van der Waals surface area contributed by atoms with Gasteiger partial charge in [-0.3, -0.25) is 9.89 Å².